The summed E-state index contributed by atoms with van der Waals surface area (Å²) < 4.78 is 1.89. The summed E-state index contributed by atoms with van der Waals surface area (Å²) >= 11 is 0. The molecule has 2 aromatic carbocycles. The van der Waals surface area contributed by atoms with Crippen molar-refractivity contribution >= 4 is 28.5 Å². The number of benzene rings is 2. The Morgan fingerprint density at radius 1 is 1.13 bits per heavy atom. The summed E-state index contributed by atoms with van der Waals surface area (Å²) in [6, 6.07) is 14.0. The summed E-state index contributed by atoms with van der Waals surface area (Å²) in [5.41, 5.74) is 12.5. The third kappa shape index (κ3) is 4.94. The van der Waals surface area contributed by atoms with Crippen LogP contribution in [0.5, 0.6) is 0 Å². The molecule has 38 heavy (non-hydrogen) atoms. The first kappa shape index (κ1) is 25.3. The number of likely N-dealkylation sites (tertiary alicyclic amines) is 1. The lowest BCUT2D eigenvalue weighted by molar-refractivity contribution is -0.127. The summed E-state index contributed by atoms with van der Waals surface area (Å²) in [5.74, 6) is 0.447. The van der Waals surface area contributed by atoms with Gasteiger partial charge < -0.3 is 10.6 Å². The van der Waals surface area contributed by atoms with E-state index >= 15 is 0 Å². The van der Waals surface area contributed by atoms with Gasteiger partial charge in [0.2, 0.25) is 5.91 Å². The number of fused-ring (bicyclic) bond motifs is 1. The van der Waals surface area contributed by atoms with Crippen LogP contribution in [0.2, 0.25) is 0 Å². The topological polar surface area (TPSA) is 107 Å². The van der Waals surface area contributed by atoms with Gasteiger partial charge in [0.25, 0.3) is 0 Å². The Labute approximate surface area is 222 Å². The van der Waals surface area contributed by atoms with Crippen LogP contribution >= 0.6 is 0 Å². The van der Waals surface area contributed by atoms with Crippen molar-refractivity contribution in [3.05, 3.63) is 83.7 Å². The second-order valence-electron chi connectivity index (χ2n) is 9.97. The number of Topliss-reactive ketones (excluding diaryl/α,β-unsaturated/α-hetero) is 1. The molecule has 8 nitrogen and oxygen atoms in total. The molecule has 1 aliphatic rings. The molecule has 0 saturated carbocycles. The van der Waals surface area contributed by atoms with E-state index in [-0.39, 0.29) is 17.7 Å². The molecule has 2 aromatic heterocycles. The quantitative estimate of drug-likeness (QED) is 0.282. The molecule has 5 rings (SSSR count). The molecule has 0 bridgehead atoms. The van der Waals surface area contributed by atoms with Crippen LogP contribution in [0, 0.1) is 13.8 Å². The van der Waals surface area contributed by atoms with Crippen LogP contribution in [0.15, 0.2) is 61.4 Å². The fraction of sp³-hybridized carbons (Fsp3) is 0.300. The first-order chi connectivity index (χ1) is 18.4. The monoisotopic (exact) mass is 508 g/mol. The van der Waals surface area contributed by atoms with Gasteiger partial charge in [-0.2, -0.15) is 5.10 Å². The number of amides is 1. The first-order valence-corrected chi connectivity index (χ1v) is 13.0. The highest BCUT2D eigenvalue weighted by Gasteiger charge is 2.28. The van der Waals surface area contributed by atoms with Gasteiger partial charge in [0.15, 0.2) is 11.4 Å². The van der Waals surface area contributed by atoms with E-state index in [2.05, 4.69) is 16.5 Å². The Balaban J connectivity index is 1.39. The maximum Gasteiger partial charge on any atom is 0.246 e. The number of nitrogens with two attached hydrogens (primary N) is 1. The van der Waals surface area contributed by atoms with E-state index < -0.39 is 0 Å². The number of anilines is 1. The maximum absolute atomic E-state index is 12.8. The van der Waals surface area contributed by atoms with Crippen molar-refractivity contribution in [3.8, 4) is 11.3 Å². The minimum atomic E-state index is -0.0767. The lowest BCUT2D eigenvalue weighted by atomic mass is 9.97. The van der Waals surface area contributed by atoms with E-state index in [0.717, 1.165) is 40.7 Å². The van der Waals surface area contributed by atoms with Crippen LogP contribution in [0.1, 0.15) is 52.4 Å². The van der Waals surface area contributed by atoms with Crippen LogP contribution in [-0.4, -0.2) is 49.4 Å². The van der Waals surface area contributed by atoms with Gasteiger partial charge in [0.05, 0.1) is 11.4 Å². The van der Waals surface area contributed by atoms with E-state index in [1.807, 2.05) is 61.0 Å². The normalized spacial score (nSPS) is 15.5. The van der Waals surface area contributed by atoms with Gasteiger partial charge in [-0.25, -0.2) is 14.6 Å². The number of nitrogen functional groups attached to an aromatic ring is 1. The van der Waals surface area contributed by atoms with E-state index in [0.29, 0.717) is 48.5 Å². The molecule has 0 spiro atoms. The maximum atomic E-state index is 12.8. The first-order valence-electron chi connectivity index (χ1n) is 13.0. The van der Waals surface area contributed by atoms with Crippen molar-refractivity contribution in [2.45, 2.75) is 45.6 Å². The zero-order valence-electron chi connectivity index (χ0n) is 21.9. The van der Waals surface area contributed by atoms with E-state index in [1.165, 1.54) is 12.4 Å². The van der Waals surface area contributed by atoms with Crippen LogP contribution in [0.4, 0.5) is 5.82 Å². The smallest absolute Gasteiger partial charge is 0.246 e. The Bertz CT molecular complexity index is 1520. The lowest BCUT2D eigenvalue weighted by Gasteiger charge is -2.32. The highest BCUT2D eigenvalue weighted by molar-refractivity contribution is 5.99. The molecule has 1 atom stereocenters. The number of hydrogen-bond donors (Lipinski definition) is 1. The summed E-state index contributed by atoms with van der Waals surface area (Å²) in [6.07, 6.45) is 5.66. The highest BCUT2D eigenvalue weighted by Crippen LogP contribution is 2.34. The zero-order chi connectivity index (χ0) is 26.8. The lowest BCUT2D eigenvalue weighted by Crippen LogP contribution is -2.40. The molecule has 1 fully saturated rings. The van der Waals surface area contributed by atoms with Crippen molar-refractivity contribution in [2.24, 2.45) is 0 Å². The van der Waals surface area contributed by atoms with Crippen molar-refractivity contribution < 1.29 is 9.59 Å². The number of carbonyl (C=O) groups is 2. The molecule has 3 heterocycles. The molecule has 8 heteroatoms. The van der Waals surface area contributed by atoms with E-state index in [1.54, 1.807) is 4.90 Å². The summed E-state index contributed by atoms with van der Waals surface area (Å²) in [5, 5.41) is 5.65. The number of carbonyl (C=O) groups excluding carboxylic acids is 2. The third-order valence-corrected chi connectivity index (χ3v) is 7.31. The number of aryl methyl sites for hydroxylation is 3. The molecule has 1 amide bonds. The molecule has 4 aromatic rings. The molecule has 1 saturated heterocycles. The second kappa shape index (κ2) is 10.6. The number of rotatable bonds is 7. The van der Waals surface area contributed by atoms with Crippen LogP contribution < -0.4 is 5.73 Å². The molecular weight excluding hydrogens is 476 g/mol. The van der Waals surface area contributed by atoms with Gasteiger partial charge in [0, 0.05) is 30.6 Å². The van der Waals surface area contributed by atoms with Gasteiger partial charge in [-0.1, -0.05) is 48.5 Å². The standard InChI is InChI=1S/C30H32N6O2/c1-4-26(38)35-15-5-6-23(17-35)36-30-27(29(31)32-18-33-30)28(34-36)22-12-9-21(10-13-22)11-14-25(37)24-16-19(2)7-8-20(24)3/h4,7-10,12-13,16,18,23H,1,5-6,11,14-15,17H2,2-3H3,(H2,31,32,33). The van der Waals surface area contributed by atoms with Crippen molar-refractivity contribution in [1.29, 1.82) is 0 Å². The fourth-order valence-electron chi connectivity index (χ4n) is 5.19. The zero-order valence-corrected chi connectivity index (χ0v) is 21.9. The number of aromatic nitrogens is 4. The third-order valence-electron chi connectivity index (χ3n) is 7.31. The SMILES string of the molecule is C=CC(=O)N1CCCC(n2nc(-c3ccc(CCC(=O)c4cc(C)ccc4C)cc3)c3c(N)ncnc32)C1. The van der Waals surface area contributed by atoms with Gasteiger partial charge in [-0.3, -0.25) is 9.59 Å². The molecule has 0 radical (unpaired) electrons. The predicted molar refractivity (Wildman–Crippen MR) is 149 cm³/mol. The fourth-order valence-corrected chi connectivity index (χ4v) is 5.19. The second-order valence-corrected chi connectivity index (χ2v) is 9.97. The predicted octanol–water partition coefficient (Wildman–Crippen LogP) is 4.86. The molecular formula is C30H32N6O2. The number of nitrogens with zero attached hydrogens (tertiary/aromatic N) is 5. The molecule has 2 N–H and O–H groups in total. The Morgan fingerprint density at radius 2 is 1.92 bits per heavy atom. The molecule has 0 aliphatic carbocycles. The van der Waals surface area contributed by atoms with Crippen molar-refractivity contribution in [3.63, 3.8) is 0 Å². The summed E-state index contributed by atoms with van der Waals surface area (Å²) in [7, 11) is 0. The minimum absolute atomic E-state index is 0.0198. The van der Waals surface area contributed by atoms with Crippen LogP contribution in [-0.2, 0) is 11.2 Å². The van der Waals surface area contributed by atoms with Crippen LogP contribution in [0.25, 0.3) is 22.3 Å². The van der Waals surface area contributed by atoms with E-state index in [4.69, 9.17) is 10.8 Å². The van der Waals surface area contributed by atoms with Gasteiger partial charge in [-0.05, 0) is 56.4 Å². The molecule has 1 unspecified atom stereocenters. The number of ketones is 1. The average Bonchev–Trinajstić information content (AvgIpc) is 3.34. The molecule has 194 valence electrons. The van der Waals surface area contributed by atoms with Crippen molar-refractivity contribution in [2.75, 3.05) is 18.8 Å². The van der Waals surface area contributed by atoms with Gasteiger partial charge in [0.1, 0.15) is 17.8 Å². The Hall–Kier alpha value is -4.33. The largest absolute Gasteiger partial charge is 0.383 e. The van der Waals surface area contributed by atoms with Crippen molar-refractivity contribution in [1.82, 2.24) is 24.6 Å². The number of hydrogen-bond acceptors (Lipinski definition) is 6. The average molecular weight is 509 g/mol. The van der Waals surface area contributed by atoms with Crippen LogP contribution in [0.3, 0.4) is 0 Å². The van der Waals surface area contributed by atoms with E-state index in [9.17, 15) is 9.59 Å². The minimum Gasteiger partial charge on any atom is -0.383 e. The Kier molecular flexibility index (Phi) is 7.05. The Morgan fingerprint density at radius 3 is 2.68 bits per heavy atom. The summed E-state index contributed by atoms with van der Waals surface area (Å²) in [6.45, 7) is 8.85. The summed E-state index contributed by atoms with van der Waals surface area (Å²) in [4.78, 5) is 35.6. The van der Waals surface area contributed by atoms with Gasteiger partial charge >= 0.3 is 0 Å². The number of piperidine rings is 1. The molecule has 1 aliphatic heterocycles. The van der Waals surface area contributed by atoms with Gasteiger partial charge in [-0.15, -0.1) is 0 Å². The highest BCUT2D eigenvalue weighted by atomic mass is 16.2.